The maximum Gasteiger partial charge on any atom is 0.273 e. The fourth-order valence-corrected chi connectivity index (χ4v) is 1.99. The van der Waals surface area contributed by atoms with Gasteiger partial charge in [0.2, 0.25) is 0 Å². The number of rotatable bonds is 4. The molecular formula is C13H13BrN2O2. The lowest BCUT2D eigenvalue weighted by Gasteiger charge is -2.10. The molecule has 0 aliphatic rings. The molecule has 1 amide bonds. The largest absolute Gasteiger partial charge is 0.361 e. The smallest absolute Gasteiger partial charge is 0.273 e. The van der Waals surface area contributed by atoms with Gasteiger partial charge in [-0.05, 0) is 12.5 Å². The van der Waals surface area contributed by atoms with Crippen molar-refractivity contribution in [1.29, 1.82) is 0 Å². The van der Waals surface area contributed by atoms with Crippen molar-refractivity contribution in [2.24, 2.45) is 0 Å². The predicted molar refractivity (Wildman–Crippen MR) is 71.7 cm³/mol. The molecule has 5 heteroatoms. The zero-order chi connectivity index (χ0) is 13.0. The number of aromatic nitrogens is 1. The van der Waals surface area contributed by atoms with Crippen molar-refractivity contribution in [3.8, 4) is 0 Å². The summed E-state index contributed by atoms with van der Waals surface area (Å²) in [5, 5.41) is 6.47. The molecule has 1 aromatic carbocycles. The minimum Gasteiger partial charge on any atom is -0.361 e. The Morgan fingerprint density at radius 3 is 2.78 bits per heavy atom. The molecule has 18 heavy (non-hydrogen) atoms. The number of amides is 1. The van der Waals surface area contributed by atoms with Crippen LogP contribution in [0, 0.1) is 6.92 Å². The highest BCUT2D eigenvalue weighted by Crippen LogP contribution is 2.21. The van der Waals surface area contributed by atoms with Gasteiger partial charge < -0.3 is 9.84 Å². The highest BCUT2D eigenvalue weighted by molar-refractivity contribution is 9.09. The van der Waals surface area contributed by atoms with E-state index < -0.39 is 0 Å². The molecule has 1 atom stereocenters. The number of aryl methyl sites for hydroxylation is 1. The van der Waals surface area contributed by atoms with Crippen LogP contribution >= 0.6 is 15.9 Å². The third-order valence-corrected chi connectivity index (χ3v) is 3.32. The molecular weight excluding hydrogens is 296 g/mol. The molecule has 2 aromatic rings. The topological polar surface area (TPSA) is 55.1 Å². The van der Waals surface area contributed by atoms with Crippen LogP contribution in [-0.4, -0.2) is 17.6 Å². The lowest BCUT2D eigenvalue weighted by Crippen LogP contribution is -2.26. The first-order valence-corrected chi connectivity index (χ1v) is 6.49. The Balaban J connectivity index is 1.90. The summed E-state index contributed by atoms with van der Waals surface area (Å²) in [6, 6.07) is 11.5. The summed E-state index contributed by atoms with van der Waals surface area (Å²) in [6.45, 7) is 2.25. The summed E-state index contributed by atoms with van der Waals surface area (Å²) < 4.78 is 4.85. The average Bonchev–Trinajstić information content (AvgIpc) is 2.83. The molecule has 0 saturated carbocycles. The number of nitrogens with zero attached hydrogens (tertiary/aromatic N) is 1. The number of benzene rings is 1. The van der Waals surface area contributed by atoms with Gasteiger partial charge in [-0.25, -0.2) is 0 Å². The first-order valence-electron chi connectivity index (χ1n) is 5.57. The van der Waals surface area contributed by atoms with Crippen LogP contribution in [0.2, 0.25) is 0 Å². The number of halogens is 1. The number of alkyl halides is 1. The van der Waals surface area contributed by atoms with Gasteiger partial charge in [0.1, 0.15) is 5.76 Å². The van der Waals surface area contributed by atoms with Gasteiger partial charge in [0, 0.05) is 12.6 Å². The van der Waals surface area contributed by atoms with Crippen LogP contribution in [0.1, 0.15) is 26.6 Å². The predicted octanol–water partition coefficient (Wildman–Crippen LogP) is 2.85. The highest BCUT2D eigenvalue weighted by atomic mass is 79.9. The molecule has 0 spiro atoms. The number of carbonyl (C=O) groups excluding carboxylic acids is 1. The maximum atomic E-state index is 11.7. The monoisotopic (exact) mass is 308 g/mol. The van der Waals surface area contributed by atoms with Gasteiger partial charge in [-0.1, -0.05) is 51.4 Å². The molecule has 94 valence electrons. The first-order chi connectivity index (χ1) is 8.66. The second-order valence-corrected chi connectivity index (χ2v) is 5.02. The maximum absolute atomic E-state index is 11.7. The van der Waals surface area contributed by atoms with Gasteiger partial charge in [-0.2, -0.15) is 0 Å². The third kappa shape index (κ3) is 3.20. The normalized spacial score (nSPS) is 12.1. The average molecular weight is 309 g/mol. The zero-order valence-corrected chi connectivity index (χ0v) is 11.5. The molecule has 4 nitrogen and oxygen atoms in total. The van der Waals surface area contributed by atoms with Crippen LogP contribution in [-0.2, 0) is 0 Å². The van der Waals surface area contributed by atoms with Crippen LogP contribution in [0.4, 0.5) is 0 Å². The molecule has 2 rings (SSSR count). The van der Waals surface area contributed by atoms with Crippen LogP contribution in [0.3, 0.4) is 0 Å². The zero-order valence-electron chi connectivity index (χ0n) is 9.89. The second kappa shape index (κ2) is 5.82. The molecule has 1 aromatic heterocycles. The van der Waals surface area contributed by atoms with Crippen molar-refractivity contribution < 1.29 is 9.32 Å². The SMILES string of the molecule is Cc1cc(C(=O)NCC(Br)c2ccccc2)no1. The summed E-state index contributed by atoms with van der Waals surface area (Å²) in [5.41, 5.74) is 1.43. The molecule has 0 aliphatic heterocycles. The highest BCUT2D eigenvalue weighted by Gasteiger charge is 2.13. The van der Waals surface area contributed by atoms with Crippen molar-refractivity contribution in [3.63, 3.8) is 0 Å². The van der Waals surface area contributed by atoms with E-state index in [9.17, 15) is 4.79 Å². The lowest BCUT2D eigenvalue weighted by molar-refractivity contribution is 0.0945. The van der Waals surface area contributed by atoms with Crippen LogP contribution < -0.4 is 5.32 Å². The van der Waals surface area contributed by atoms with E-state index in [0.29, 0.717) is 18.0 Å². The van der Waals surface area contributed by atoms with Crippen molar-refractivity contribution >= 4 is 21.8 Å². The van der Waals surface area contributed by atoms with E-state index in [1.807, 2.05) is 30.3 Å². The fraction of sp³-hybridized carbons (Fsp3) is 0.231. The lowest BCUT2D eigenvalue weighted by atomic mass is 10.1. The van der Waals surface area contributed by atoms with E-state index in [2.05, 4.69) is 26.4 Å². The van der Waals surface area contributed by atoms with E-state index in [0.717, 1.165) is 5.56 Å². The van der Waals surface area contributed by atoms with Gasteiger partial charge in [0.25, 0.3) is 5.91 Å². The fourth-order valence-electron chi connectivity index (χ4n) is 1.53. The van der Waals surface area contributed by atoms with Gasteiger partial charge in [0.05, 0.1) is 4.83 Å². The van der Waals surface area contributed by atoms with E-state index >= 15 is 0 Å². The summed E-state index contributed by atoms with van der Waals surface area (Å²) in [4.78, 5) is 11.8. The molecule has 0 bridgehead atoms. The van der Waals surface area contributed by atoms with Crippen molar-refractivity contribution in [2.75, 3.05) is 6.54 Å². The van der Waals surface area contributed by atoms with E-state index in [1.165, 1.54) is 0 Å². The molecule has 1 heterocycles. The molecule has 0 saturated heterocycles. The van der Waals surface area contributed by atoms with Crippen LogP contribution in [0.15, 0.2) is 40.9 Å². The number of hydrogen-bond donors (Lipinski definition) is 1. The van der Waals surface area contributed by atoms with Crippen molar-refractivity contribution in [2.45, 2.75) is 11.8 Å². The van der Waals surface area contributed by atoms with Gasteiger partial charge in [-0.15, -0.1) is 0 Å². The molecule has 0 aliphatic carbocycles. The Morgan fingerprint density at radius 2 is 2.17 bits per heavy atom. The summed E-state index contributed by atoms with van der Waals surface area (Å²) in [5.74, 6) is 0.394. The van der Waals surface area contributed by atoms with E-state index in [-0.39, 0.29) is 10.7 Å². The Labute approximate surface area is 113 Å². The minimum absolute atomic E-state index is 0.0793. The summed E-state index contributed by atoms with van der Waals surface area (Å²) in [7, 11) is 0. The Hall–Kier alpha value is -1.62. The quantitative estimate of drug-likeness (QED) is 0.884. The summed E-state index contributed by atoms with van der Waals surface area (Å²) in [6.07, 6.45) is 0. The molecule has 1 N–H and O–H groups in total. The Kier molecular flexibility index (Phi) is 4.15. The Bertz CT molecular complexity index is 525. The number of carbonyl (C=O) groups is 1. The molecule has 0 fully saturated rings. The second-order valence-electron chi connectivity index (χ2n) is 3.91. The van der Waals surface area contributed by atoms with Crippen molar-refractivity contribution in [1.82, 2.24) is 10.5 Å². The minimum atomic E-state index is -0.229. The van der Waals surface area contributed by atoms with Crippen LogP contribution in [0.5, 0.6) is 0 Å². The van der Waals surface area contributed by atoms with Crippen LogP contribution in [0.25, 0.3) is 0 Å². The van der Waals surface area contributed by atoms with Crippen molar-refractivity contribution in [3.05, 3.63) is 53.4 Å². The molecule has 1 unspecified atom stereocenters. The standard InChI is InChI=1S/C13H13BrN2O2/c1-9-7-12(16-18-9)13(17)15-8-11(14)10-5-3-2-4-6-10/h2-7,11H,8H2,1H3,(H,15,17). The van der Waals surface area contributed by atoms with E-state index in [1.54, 1.807) is 13.0 Å². The van der Waals surface area contributed by atoms with Gasteiger partial charge in [-0.3, -0.25) is 4.79 Å². The molecule has 0 radical (unpaired) electrons. The Morgan fingerprint density at radius 1 is 1.44 bits per heavy atom. The van der Waals surface area contributed by atoms with Gasteiger partial charge >= 0.3 is 0 Å². The third-order valence-electron chi connectivity index (χ3n) is 2.46. The van der Waals surface area contributed by atoms with Gasteiger partial charge in [0.15, 0.2) is 5.69 Å². The number of nitrogens with one attached hydrogen (secondary N) is 1. The first kappa shape index (κ1) is 12.8. The van der Waals surface area contributed by atoms with E-state index in [4.69, 9.17) is 4.52 Å². The summed E-state index contributed by atoms with van der Waals surface area (Å²) >= 11 is 3.53. The number of hydrogen-bond acceptors (Lipinski definition) is 3.